The molecule has 0 radical (unpaired) electrons. The van der Waals surface area contributed by atoms with Crippen LogP contribution in [-0.4, -0.2) is 28.6 Å². The van der Waals surface area contributed by atoms with Gasteiger partial charge in [-0.25, -0.2) is 0 Å². The lowest BCUT2D eigenvalue weighted by Crippen LogP contribution is -2.36. The number of hydrogen-bond donors (Lipinski definition) is 0. The summed E-state index contributed by atoms with van der Waals surface area (Å²) in [5.74, 6) is 1.53. The van der Waals surface area contributed by atoms with Crippen molar-refractivity contribution in [1.82, 2.24) is 0 Å². The van der Waals surface area contributed by atoms with Crippen LogP contribution in [-0.2, 0) is 9.63 Å². The van der Waals surface area contributed by atoms with Gasteiger partial charge in [0.1, 0.15) is 11.4 Å². The molecule has 0 aromatic heterocycles. The molecule has 0 saturated carbocycles. The first-order chi connectivity index (χ1) is 5.64. The predicted molar refractivity (Wildman–Crippen MR) is 48.4 cm³/mol. The highest BCUT2D eigenvalue weighted by Crippen LogP contribution is 2.42. The summed E-state index contributed by atoms with van der Waals surface area (Å²) in [7, 11) is 0. The van der Waals surface area contributed by atoms with Crippen molar-refractivity contribution < 1.29 is 9.63 Å². The Hall–Kier alpha value is -0.510. The van der Waals surface area contributed by atoms with Gasteiger partial charge in [0, 0.05) is 11.7 Å². The second-order valence-electron chi connectivity index (χ2n) is 3.37. The molecule has 12 heavy (non-hydrogen) atoms. The molecule has 2 aliphatic rings. The summed E-state index contributed by atoms with van der Waals surface area (Å²) in [6, 6.07) is 0. The van der Waals surface area contributed by atoms with Crippen molar-refractivity contribution in [1.29, 1.82) is 0 Å². The van der Waals surface area contributed by atoms with Gasteiger partial charge in [0.15, 0.2) is 5.78 Å². The molecule has 2 aliphatic heterocycles. The van der Waals surface area contributed by atoms with Crippen molar-refractivity contribution >= 4 is 23.3 Å². The third-order valence-electron chi connectivity index (χ3n) is 2.56. The quantitative estimate of drug-likeness (QED) is 0.613. The maximum Gasteiger partial charge on any atom is 0.151 e. The topological polar surface area (TPSA) is 38.7 Å². The molecule has 2 heterocycles. The van der Waals surface area contributed by atoms with Crippen LogP contribution in [0.25, 0.3) is 0 Å². The zero-order chi connectivity index (χ0) is 8.77. The molecule has 0 unspecified atom stereocenters. The van der Waals surface area contributed by atoms with Crippen LogP contribution in [0.1, 0.15) is 13.8 Å². The molecule has 0 bridgehead atoms. The van der Waals surface area contributed by atoms with Gasteiger partial charge in [0.05, 0.1) is 5.71 Å². The molecule has 1 saturated heterocycles. The Labute approximate surface area is 75.5 Å². The lowest BCUT2D eigenvalue weighted by atomic mass is 9.92. The van der Waals surface area contributed by atoms with E-state index >= 15 is 0 Å². The zero-order valence-electron chi connectivity index (χ0n) is 7.16. The number of nitrogens with zero attached hydrogens (tertiary/aromatic N) is 1. The number of carbonyl (C=O) groups excluding carboxylic acids is 1. The zero-order valence-corrected chi connectivity index (χ0v) is 7.98. The molecule has 2 rings (SSSR count). The number of Topliss-reactive ketones (excluding diaryl/α,β-unsaturated/α-hetero) is 1. The summed E-state index contributed by atoms with van der Waals surface area (Å²) in [5.41, 5.74) is 0.944. The number of ketones is 1. The predicted octanol–water partition coefficient (Wildman–Crippen LogP) is 1.08. The largest absolute Gasteiger partial charge is 0.395 e. The molecule has 0 N–H and O–H groups in total. The molecule has 2 atom stereocenters. The minimum Gasteiger partial charge on any atom is -0.395 e. The molecular weight excluding hydrogens is 174 g/mol. The van der Waals surface area contributed by atoms with Crippen molar-refractivity contribution in [2.75, 3.05) is 12.4 Å². The van der Waals surface area contributed by atoms with E-state index in [1.165, 1.54) is 0 Å². The standard InChI is InChI=1S/C8H11NO2S/c1-5(10)8(2)7-6(4-12-8)3-11-9-7/h6H,3-4H2,1-2H3/t6-,8-/m1/s1. The van der Waals surface area contributed by atoms with E-state index in [0.29, 0.717) is 12.5 Å². The van der Waals surface area contributed by atoms with E-state index in [4.69, 9.17) is 4.84 Å². The van der Waals surface area contributed by atoms with E-state index in [2.05, 4.69) is 5.16 Å². The number of oxime groups is 1. The van der Waals surface area contributed by atoms with E-state index in [1.807, 2.05) is 6.92 Å². The van der Waals surface area contributed by atoms with Gasteiger partial charge in [-0.05, 0) is 13.8 Å². The number of carbonyl (C=O) groups is 1. The van der Waals surface area contributed by atoms with Crippen LogP contribution >= 0.6 is 11.8 Å². The van der Waals surface area contributed by atoms with Crippen LogP contribution in [0.5, 0.6) is 0 Å². The first-order valence-electron chi connectivity index (χ1n) is 4.00. The van der Waals surface area contributed by atoms with Crippen LogP contribution in [0, 0.1) is 5.92 Å². The Morgan fingerprint density at radius 3 is 3.25 bits per heavy atom. The van der Waals surface area contributed by atoms with E-state index in [-0.39, 0.29) is 5.78 Å². The van der Waals surface area contributed by atoms with Gasteiger partial charge < -0.3 is 4.84 Å². The molecule has 0 aromatic carbocycles. The van der Waals surface area contributed by atoms with E-state index < -0.39 is 4.75 Å². The highest BCUT2D eigenvalue weighted by molar-refractivity contribution is 8.02. The lowest BCUT2D eigenvalue weighted by Gasteiger charge is -2.18. The summed E-state index contributed by atoms with van der Waals surface area (Å²) in [4.78, 5) is 16.3. The monoisotopic (exact) mass is 185 g/mol. The molecule has 0 aromatic rings. The van der Waals surface area contributed by atoms with E-state index in [9.17, 15) is 4.79 Å². The Kier molecular flexibility index (Phi) is 1.68. The molecule has 0 spiro atoms. The lowest BCUT2D eigenvalue weighted by molar-refractivity contribution is -0.117. The molecular formula is C8H11NO2S. The van der Waals surface area contributed by atoms with Crippen molar-refractivity contribution in [3.05, 3.63) is 0 Å². The minimum absolute atomic E-state index is 0.180. The Balaban J connectivity index is 2.34. The van der Waals surface area contributed by atoms with Crippen LogP contribution in [0.15, 0.2) is 5.16 Å². The molecule has 66 valence electrons. The van der Waals surface area contributed by atoms with Crippen molar-refractivity contribution in [2.45, 2.75) is 18.6 Å². The summed E-state index contributed by atoms with van der Waals surface area (Å²) >= 11 is 1.68. The smallest absolute Gasteiger partial charge is 0.151 e. The summed E-state index contributed by atoms with van der Waals surface area (Å²) < 4.78 is -0.402. The number of hydrogen-bond acceptors (Lipinski definition) is 4. The fourth-order valence-corrected chi connectivity index (χ4v) is 2.92. The second kappa shape index (κ2) is 2.49. The van der Waals surface area contributed by atoms with Crippen molar-refractivity contribution in [3.8, 4) is 0 Å². The normalized spacial score (nSPS) is 38.8. The molecule has 4 heteroatoms. The number of rotatable bonds is 1. The first-order valence-corrected chi connectivity index (χ1v) is 4.98. The average Bonchev–Trinajstić information content (AvgIpc) is 2.54. The van der Waals surface area contributed by atoms with Gasteiger partial charge in [0.25, 0.3) is 0 Å². The highest BCUT2D eigenvalue weighted by Gasteiger charge is 2.49. The summed E-state index contributed by atoms with van der Waals surface area (Å²) in [5, 5.41) is 3.95. The number of fused-ring (bicyclic) bond motifs is 1. The summed E-state index contributed by atoms with van der Waals surface area (Å²) in [6.45, 7) is 4.22. The highest BCUT2D eigenvalue weighted by atomic mass is 32.2. The molecule has 0 aliphatic carbocycles. The SMILES string of the molecule is CC(=O)[C@@]1(C)SC[C@H]2CON=C21. The molecule has 3 nitrogen and oxygen atoms in total. The van der Waals surface area contributed by atoms with Gasteiger partial charge in [0.2, 0.25) is 0 Å². The van der Waals surface area contributed by atoms with Crippen molar-refractivity contribution in [2.24, 2.45) is 11.1 Å². The Bertz CT molecular complexity index is 264. The maximum absolute atomic E-state index is 11.4. The Morgan fingerprint density at radius 2 is 2.58 bits per heavy atom. The van der Waals surface area contributed by atoms with Crippen LogP contribution in [0.2, 0.25) is 0 Å². The van der Waals surface area contributed by atoms with E-state index in [1.54, 1.807) is 18.7 Å². The molecule has 1 fully saturated rings. The third-order valence-corrected chi connectivity index (χ3v) is 4.20. The fourth-order valence-electron chi connectivity index (χ4n) is 1.58. The number of thioether (sulfide) groups is 1. The molecule has 0 amide bonds. The van der Waals surface area contributed by atoms with Gasteiger partial charge in [-0.1, -0.05) is 5.16 Å². The van der Waals surface area contributed by atoms with Gasteiger partial charge in [-0.3, -0.25) is 4.79 Å². The van der Waals surface area contributed by atoms with Gasteiger partial charge in [-0.2, -0.15) is 0 Å². The second-order valence-corrected chi connectivity index (χ2v) is 4.81. The van der Waals surface area contributed by atoms with E-state index in [0.717, 1.165) is 11.5 Å². The maximum atomic E-state index is 11.4. The van der Waals surface area contributed by atoms with Crippen LogP contribution in [0.3, 0.4) is 0 Å². The van der Waals surface area contributed by atoms with Gasteiger partial charge in [-0.15, -0.1) is 11.8 Å². The van der Waals surface area contributed by atoms with Crippen LogP contribution in [0.4, 0.5) is 0 Å². The van der Waals surface area contributed by atoms with Crippen molar-refractivity contribution in [3.63, 3.8) is 0 Å². The van der Waals surface area contributed by atoms with Crippen LogP contribution < -0.4 is 0 Å². The summed E-state index contributed by atoms with van der Waals surface area (Å²) in [6.07, 6.45) is 0. The average molecular weight is 185 g/mol. The Morgan fingerprint density at radius 1 is 1.83 bits per heavy atom. The minimum atomic E-state index is -0.402. The fraction of sp³-hybridized carbons (Fsp3) is 0.750. The van der Waals surface area contributed by atoms with Gasteiger partial charge >= 0.3 is 0 Å². The third kappa shape index (κ3) is 0.905. The first kappa shape index (κ1) is 8.10.